The van der Waals surface area contributed by atoms with Crippen molar-refractivity contribution in [1.82, 2.24) is 0 Å². The molecule has 0 aromatic rings. The van der Waals surface area contributed by atoms with Gasteiger partial charge in [0.15, 0.2) is 0 Å². The second-order valence-corrected chi connectivity index (χ2v) is 11.0. The van der Waals surface area contributed by atoms with Gasteiger partial charge in [0.25, 0.3) is 0 Å². The molecule has 2 aliphatic carbocycles. The Hall–Kier alpha value is -0.287. The molecule has 0 aromatic heterocycles. The summed E-state index contributed by atoms with van der Waals surface area (Å²) in [5.74, 6) is 0. The molecule has 0 radical (unpaired) electrons. The fraction of sp³-hybridized carbons (Fsp3) is 0.550. The Balaban J connectivity index is 2.44. The Morgan fingerprint density at radius 1 is 0.857 bits per heavy atom. The van der Waals surface area contributed by atoms with E-state index in [1.54, 1.807) is 39.9 Å². The molecular formula is C20H29Zr. The van der Waals surface area contributed by atoms with Gasteiger partial charge < -0.3 is 0 Å². The average Bonchev–Trinajstić information content (AvgIpc) is 2.75. The van der Waals surface area contributed by atoms with E-state index in [0.29, 0.717) is 5.41 Å². The first-order valence-electron chi connectivity index (χ1n) is 7.96. The Morgan fingerprint density at radius 3 is 1.81 bits per heavy atom. The third-order valence-electron chi connectivity index (χ3n) is 5.92. The van der Waals surface area contributed by atoms with Crippen molar-refractivity contribution in [2.75, 3.05) is 0 Å². The van der Waals surface area contributed by atoms with Gasteiger partial charge in [-0.1, -0.05) is 0 Å². The minimum absolute atomic E-state index is 0.298. The molecule has 0 atom stereocenters. The fourth-order valence-electron chi connectivity index (χ4n) is 3.60. The van der Waals surface area contributed by atoms with E-state index in [4.69, 9.17) is 0 Å². The normalized spacial score (nSPS) is 22.8. The predicted octanol–water partition coefficient (Wildman–Crippen LogP) is 5.97. The van der Waals surface area contributed by atoms with Crippen molar-refractivity contribution >= 4 is 3.21 Å². The quantitative estimate of drug-likeness (QED) is 0.569. The minimum atomic E-state index is -0.668. The van der Waals surface area contributed by atoms with Crippen molar-refractivity contribution < 1.29 is 22.8 Å². The Bertz CT molecular complexity index is 658. The van der Waals surface area contributed by atoms with Gasteiger partial charge in [0.2, 0.25) is 0 Å². The molecular weight excluding hydrogens is 331 g/mol. The van der Waals surface area contributed by atoms with Gasteiger partial charge in [0.1, 0.15) is 0 Å². The number of allylic oxidation sites excluding steroid dienone is 8. The van der Waals surface area contributed by atoms with E-state index in [0.717, 1.165) is 0 Å². The standard InChI is InChI=1S/C10H15.C10H14.Zr/c1-7-6-10(4,5)9(3)8(7)2;1-5-10-6-7(2)8(3)9(10)4;/h1-5H3;6H2,1-4H3;. The molecule has 0 heterocycles. The summed E-state index contributed by atoms with van der Waals surface area (Å²) in [6, 6.07) is 0. The van der Waals surface area contributed by atoms with Crippen molar-refractivity contribution in [2.45, 2.75) is 68.7 Å². The van der Waals surface area contributed by atoms with Crippen LogP contribution >= 0.6 is 0 Å². The first kappa shape index (κ1) is 17.1. The summed E-state index contributed by atoms with van der Waals surface area (Å²) in [7, 11) is 0. The van der Waals surface area contributed by atoms with Gasteiger partial charge >= 0.3 is 142 Å². The van der Waals surface area contributed by atoms with Gasteiger partial charge in [-0.05, 0) is 0 Å². The Kier molecular flexibility index (Phi) is 4.66. The van der Waals surface area contributed by atoms with E-state index in [1.165, 1.54) is 12.0 Å². The number of hydrogen-bond acceptors (Lipinski definition) is 0. The molecule has 0 amide bonds. The fourth-order valence-corrected chi connectivity index (χ4v) is 7.72. The molecule has 0 aliphatic heterocycles. The van der Waals surface area contributed by atoms with E-state index in [9.17, 15) is 0 Å². The summed E-state index contributed by atoms with van der Waals surface area (Å²) in [5, 5.41) is 0. The molecule has 0 aromatic carbocycles. The molecule has 0 saturated heterocycles. The topological polar surface area (TPSA) is 0 Å². The van der Waals surface area contributed by atoms with Crippen LogP contribution in [0.3, 0.4) is 0 Å². The number of hydrogen-bond donors (Lipinski definition) is 0. The molecule has 0 bridgehead atoms. The van der Waals surface area contributed by atoms with Crippen LogP contribution in [0.4, 0.5) is 0 Å². The van der Waals surface area contributed by atoms with Crippen LogP contribution in [0.25, 0.3) is 0 Å². The molecule has 2 aliphatic rings. The summed E-state index contributed by atoms with van der Waals surface area (Å²) in [6.45, 7) is 21.2. The van der Waals surface area contributed by atoms with Gasteiger partial charge in [-0.25, -0.2) is 0 Å². The van der Waals surface area contributed by atoms with E-state index < -0.39 is 22.8 Å². The summed E-state index contributed by atoms with van der Waals surface area (Å²) in [6.07, 6.45) is 1.20. The van der Waals surface area contributed by atoms with Crippen molar-refractivity contribution in [3.05, 3.63) is 42.3 Å². The average molecular weight is 361 g/mol. The third-order valence-corrected chi connectivity index (χ3v) is 10.7. The van der Waals surface area contributed by atoms with Gasteiger partial charge in [0, 0.05) is 0 Å². The van der Waals surface area contributed by atoms with Crippen molar-refractivity contribution in [1.29, 1.82) is 0 Å². The monoisotopic (exact) mass is 359 g/mol. The molecule has 1 heteroatoms. The van der Waals surface area contributed by atoms with Gasteiger partial charge in [-0.15, -0.1) is 0 Å². The second kappa shape index (κ2) is 5.73. The van der Waals surface area contributed by atoms with Crippen LogP contribution in [0.2, 0.25) is 0 Å². The maximum absolute atomic E-state index is 2.43. The van der Waals surface area contributed by atoms with Crippen LogP contribution in [0.15, 0.2) is 42.3 Å². The van der Waals surface area contributed by atoms with Gasteiger partial charge in [0.05, 0.1) is 0 Å². The van der Waals surface area contributed by atoms with Crippen LogP contribution in [0.1, 0.15) is 68.7 Å². The molecule has 0 N–H and O–H groups in total. The van der Waals surface area contributed by atoms with Gasteiger partial charge in [-0.2, -0.15) is 0 Å². The van der Waals surface area contributed by atoms with Gasteiger partial charge in [-0.3, -0.25) is 0 Å². The SMILES string of the molecule is CC1=C(C)C(C)=C(/[C](C)=[Zr]/[C]2=C(C)C(C)=C(C)C2(C)C)C1. The Morgan fingerprint density at radius 2 is 1.43 bits per heavy atom. The maximum atomic E-state index is 2.43. The van der Waals surface area contributed by atoms with E-state index in [2.05, 4.69) is 62.3 Å². The van der Waals surface area contributed by atoms with Crippen molar-refractivity contribution in [2.24, 2.45) is 5.41 Å². The zero-order chi connectivity index (χ0) is 16.1. The van der Waals surface area contributed by atoms with E-state index in [-0.39, 0.29) is 0 Å². The van der Waals surface area contributed by atoms with Crippen LogP contribution in [0.5, 0.6) is 0 Å². The van der Waals surface area contributed by atoms with E-state index >= 15 is 0 Å². The molecule has 21 heavy (non-hydrogen) atoms. The summed E-state index contributed by atoms with van der Waals surface area (Å²) in [4.78, 5) is 0. The van der Waals surface area contributed by atoms with Crippen LogP contribution < -0.4 is 0 Å². The molecule has 0 nitrogen and oxygen atoms in total. The number of rotatable bonds is 2. The molecule has 0 unspecified atom stereocenters. The first-order chi connectivity index (χ1) is 9.59. The van der Waals surface area contributed by atoms with Crippen LogP contribution in [-0.2, 0) is 22.8 Å². The molecule has 0 saturated carbocycles. The third kappa shape index (κ3) is 2.72. The summed E-state index contributed by atoms with van der Waals surface area (Å²) in [5.41, 5.74) is 11.4. The predicted molar refractivity (Wildman–Crippen MR) is 91.2 cm³/mol. The summed E-state index contributed by atoms with van der Waals surface area (Å²) >= 11 is -0.668. The second-order valence-electron chi connectivity index (χ2n) is 7.31. The zero-order valence-electron chi connectivity index (χ0n) is 15.2. The first-order valence-corrected chi connectivity index (χ1v) is 10.4. The Labute approximate surface area is 142 Å². The molecule has 113 valence electrons. The summed E-state index contributed by atoms with van der Waals surface area (Å²) < 4.78 is 3.53. The van der Waals surface area contributed by atoms with Crippen molar-refractivity contribution in [3.8, 4) is 0 Å². The zero-order valence-corrected chi connectivity index (χ0v) is 17.7. The molecule has 0 fully saturated rings. The molecule has 2 rings (SSSR count). The van der Waals surface area contributed by atoms with Crippen LogP contribution in [-0.4, -0.2) is 3.21 Å². The van der Waals surface area contributed by atoms with E-state index in [1.807, 2.05) is 0 Å². The van der Waals surface area contributed by atoms with Crippen molar-refractivity contribution in [3.63, 3.8) is 0 Å². The molecule has 0 spiro atoms. The van der Waals surface area contributed by atoms with Crippen LogP contribution in [0, 0.1) is 5.41 Å².